The van der Waals surface area contributed by atoms with Crippen LogP contribution < -0.4 is 10.1 Å². The Kier molecular flexibility index (Phi) is 5.91. The second kappa shape index (κ2) is 7.45. The zero-order valence-corrected chi connectivity index (χ0v) is 11.6. The number of hydrogen-bond acceptors (Lipinski definition) is 3. The van der Waals surface area contributed by atoms with E-state index >= 15 is 0 Å². The van der Waals surface area contributed by atoms with Crippen LogP contribution in [0, 0.1) is 18.3 Å². The van der Waals surface area contributed by atoms with Gasteiger partial charge in [0.05, 0.1) is 0 Å². The van der Waals surface area contributed by atoms with Gasteiger partial charge in [0.15, 0.2) is 0 Å². The summed E-state index contributed by atoms with van der Waals surface area (Å²) in [6.45, 7) is 2.86. The highest BCUT2D eigenvalue weighted by Crippen LogP contribution is 2.16. The summed E-state index contributed by atoms with van der Waals surface area (Å²) in [6.07, 6.45) is 5.11. The third-order valence-electron chi connectivity index (χ3n) is 2.53. The molecule has 1 rings (SSSR count). The highest BCUT2D eigenvalue weighted by Gasteiger charge is 2.13. The van der Waals surface area contributed by atoms with E-state index < -0.39 is 0 Å². The molecule has 1 N–H and O–H groups in total. The SMILES string of the molecule is C#CCOc1ccc(NC(=O)C(C)CN(C)C)cc1. The Balaban J connectivity index is 2.53. The largest absolute Gasteiger partial charge is 0.481 e. The van der Waals surface area contributed by atoms with E-state index in [4.69, 9.17) is 11.2 Å². The van der Waals surface area contributed by atoms with Crippen LogP contribution in [-0.4, -0.2) is 38.1 Å². The van der Waals surface area contributed by atoms with Crippen LogP contribution in [0.4, 0.5) is 5.69 Å². The van der Waals surface area contributed by atoms with E-state index in [2.05, 4.69) is 11.2 Å². The van der Waals surface area contributed by atoms with Crippen LogP contribution in [0.3, 0.4) is 0 Å². The van der Waals surface area contributed by atoms with Crippen molar-refractivity contribution >= 4 is 11.6 Å². The maximum absolute atomic E-state index is 11.9. The topological polar surface area (TPSA) is 41.6 Å². The number of carbonyl (C=O) groups excluding carboxylic acids is 1. The number of benzene rings is 1. The highest BCUT2D eigenvalue weighted by molar-refractivity contribution is 5.92. The van der Waals surface area contributed by atoms with Gasteiger partial charge in [-0.25, -0.2) is 0 Å². The third-order valence-corrected chi connectivity index (χ3v) is 2.53. The molecule has 0 aliphatic rings. The van der Waals surface area contributed by atoms with Gasteiger partial charge >= 0.3 is 0 Å². The molecule has 0 saturated carbocycles. The molecule has 1 aromatic carbocycles. The Hall–Kier alpha value is -1.99. The molecular formula is C15H20N2O2. The van der Waals surface area contributed by atoms with Crippen LogP contribution in [0.1, 0.15) is 6.92 Å². The van der Waals surface area contributed by atoms with Crippen molar-refractivity contribution in [3.05, 3.63) is 24.3 Å². The Morgan fingerprint density at radius 3 is 2.58 bits per heavy atom. The Morgan fingerprint density at radius 2 is 2.05 bits per heavy atom. The number of carbonyl (C=O) groups is 1. The van der Waals surface area contributed by atoms with Crippen molar-refractivity contribution in [3.63, 3.8) is 0 Å². The van der Waals surface area contributed by atoms with E-state index in [0.717, 1.165) is 12.2 Å². The minimum absolute atomic E-state index is 0.00555. The van der Waals surface area contributed by atoms with E-state index in [1.165, 1.54) is 0 Å². The number of rotatable bonds is 6. The Labute approximate surface area is 114 Å². The molecule has 0 aromatic heterocycles. The summed E-state index contributed by atoms with van der Waals surface area (Å²) in [5.41, 5.74) is 0.753. The first kappa shape index (κ1) is 15.1. The van der Waals surface area contributed by atoms with Gasteiger partial charge in [0.2, 0.25) is 5.91 Å². The van der Waals surface area contributed by atoms with Crippen LogP contribution in [0.5, 0.6) is 5.75 Å². The maximum atomic E-state index is 11.9. The molecule has 0 bridgehead atoms. The van der Waals surface area contributed by atoms with Crippen molar-refractivity contribution < 1.29 is 9.53 Å². The average molecular weight is 260 g/mol. The van der Waals surface area contributed by atoms with E-state index in [1.807, 2.05) is 25.9 Å². The van der Waals surface area contributed by atoms with Gasteiger partial charge in [0.1, 0.15) is 12.4 Å². The molecular weight excluding hydrogens is 240 g/mol. The van der Waals surface area contributed by atoms with E-state index in [-0.39, 0.29) is 18.4 Å². The van der Waals surface area contributed by atoms with Gasteiger partial charge < -0.3 is 15.0 Å². The molecule has 102 valence electrons. The van der Waals surface area contributed by atoms with Crippen LogP contribution >= 0.6 is 0 Å². The number of nitrogens with zero attached hydrogens (tertiary/aromatic N) is 1. The molecule has 0 aliphatic heterocycles. The van der Waals surface area contributed by atoms with Crippen molar-refractivity contribution in [1.29, 1.82) is 0 Å². The lowest BCUT2D eigenvalue weighted by Gasteiger charge is -2.16. The van der Waals surface area contributed by atoms with E-state index in [0.29, 0.717) is 5.75 Å². The predicted octanol–water partition coefficient (Wildman–Crippen LogP) is 1.83. The van der Waals surface area contributed by atoms with Gasteiger partial charge in [-0.1, -0.05) is 12.8 Å². The summed E-state index contributed by atoms with van der Waals surface area (Å²) < 4.78 is 5.26. The van der Waals surface area contributed by atoms with Gasteiger partial charge in [0, 0.05) is 18.2 Å². The van der Waals surface area contributed by atoms with Gasteiger partial charge in [-0.3, -0.25) is 4.79 Å². The van der Waals surface area contributed by atoms with E-state index in [9.17, 15) is 4.79 Å². The molecule has 4 heteroatoms. The monoisotopic (exact) mass is 260 g/mol. The highest BCUT2D eigenvalue weighted by atomic mass is 16.5. The third kappa shape index (κ3) is 5.45. The summed E-state index contributed by atoms with van der Waals surface area (Å²) in [7, 11) is 3.89. The zero-order valence-electron chi connectivity index (χ0n) is 11.6. The quantitative estimate of drug-likeness (QED) is 0.793. The van der Waals surface area contributed by atoms with Crippen molar-refractivity contribution in [3.8, 4) is 18.1 Å². The standard InChI is InChI=1S/C15H20N2O2/c1-5-10-19-14-8-6-13(7-9-14)16-15(18)12(2)11-17(3)4/h1,6-9,12H,10-11H2,2-4H3,(H,16,18). The number of hydrogen-bond donors (Lipinski definition) is 1. The fourth-order valence-corrected chi connectivity index (χ4v) is 1.66. The lowest BCUT2D eigenvalue weighted by atomic mass is 10.1. The molecule has 1 amide bonds. The zero-order chi connectivity index (χ0) is 14.3. The first-order valence-electron chi connectivity index (χ1n) is 6.15. The summed E-state index contributed by atoms with van der Waals surface area (Å²) >= 11 is 0. The molecule has 0 radical (unpaired) electrons. The molecule has 0 heterocycles. The second-order valence-electron chi connectivity index (χ2n) is 4.67. The summed E-state index contributed by atoms with van der Waals surface area (Å²) in [5.74, 6) is 3.03. The van der Waals surface area contributed by atoms with Crippen LogP contribution in [0.15, 0.2) is 24.3 Å². The van der Waals surface area contributed by atoms with Gasteiger partial charge in [-0.15, -0.1) is 6.42 Å². The molecule has 1 aromatic rings. The number of nitrogens with one attached hydrogen (secondary N) is 1. The minimum Gasteiger partial charge on any atom is -0.481 e. The van der Waals surface area contributed by atoms with Crippen LogP contribution in [-0.2, 0) is 4.79 Å². The lowest BCUT2D eigenvalue weighted by molar-refractivity contribution is -0.119. The van der Waals surface area contributed by atoms with Crippen LogP contribution in [0.25, 0.3) is 0 Å². The second-order valence-corrected chi connectivity index (χ2v) is 4.67. The molecule has 1 unspecified atom stereocenters. The minimum atomic E-state index is -0.0626. The number of amides is 1. The fourth-order valence-electron chi connectivity index (χ4n) is 1.66. The van der Waals surface area contributed by atoms with Crippen molar-refractivity contribution in [2.45, 2.75) is 6.92 Å². The fraction of sp³-hybridized carbons (Fsp3) is 0.400. The molecule has 19 heavy (non-hydrogen) atoms. The van der Waals surface area contributed by atoms with Gasteiger partial charge in [0.25, 0.3) is 0 Å². The molecule has 0 aliphatic carbocycles. The maximum Gasteiger partial charge on any atom is 0.228 e. The summed E-state index contributed by atoms with van der Waals surface area (Å²) in [5, 5.41) is 2.87. The molecule has 0 saturated heterocycles. The Bertz CT molecular complexity index is 446. The molecule has 0 fully saturated rings. The van der Waals surface area contributed by atoms with Gasteiger partial charge in [-0.05, 0) is 38.4 Å². The number of terminal acetylenes is 1. The lowest BCUT2D eigenvalue weighted by Crippen LogP contribution is -2.29. The normalized spacial score (nSPS) is 11.7. The summed E-state index contributed by atoms with van der Waals surface area (Å²) in [4.78, 5) is 13.9. The smallest absolute Gasteiger partial charge is 0.228 e. The molecule has 0 spiro atoms. The average Bonchev–Trinajstić information content (AvgIpc) is 2.37. The van der Waals surface area contributed by atoms with Gasteiger partial charge in [-0.2, -0.15) is 0 Å². The number of anilines is 1. The van der Waals surface area contributed by atoms with Crippen LogP contribution in [0.2, 0.25) is 0 Å². The number of ether oxygens (including phenoxy) is 1. The van der Waals surface area contributed by atoms with E-state index in [1.54, 1.807) is 24.3 Å². The van der Waals surface area contributed by atoms with Crippen molar-refractivity contribution in [2.75, 3.05) is 32.6 Å². The molecule has 4 nitrogen and oxygen atoms in total. The van der Waals surface area contributed by atoms with Crippen molar-refractivity contribution in [2.24, 2.45) is 5.92 Å². The predicted molar refractivity (Wildman–Crippen MR) is 77.1 cm³/mol. The Morgan fingerprint density at radius 1 is 1.42 bits per heavy atom. The molecule has 1 atom stereocenters. The first-order chi connectivity index (χ1) is 9.02. The first-order valence-corrected chi connectivity index (χ1v) is 6.15. The van der Waals surface area contributed by atoms with Crippen molar-refractivity contribution in [1.82, 2.24) is 4.90 Å². The summed E-state index contributed by atoms with van der Waals surface area (Å²) in [6, 6.07) is 7.16.